The third-order valence-corrected chi connectivity index (χ3v) is 5.02. The maximum atomic E-state index is 12.3. The van der Waals surface area contributed by atoms with Crippen molar-refractivity contribution in [1.29, 1.82) is 0 Å². The van der Waals surface area contributed by atoms with Gasteiger partial charge in [0.2, 0.25) is 5.91 Å². The summed E-state index contributed by atoms with van der Waals surface area (Å²) >= 11 is 0. The van der Waals surface area contributed by atoms with E-state index in [2.05, 4.69) is 21.8 Å². The van der Waals surface area contributed by atoms with Crippen LogP contribution in [0.5, 0.6) is 0 Å². The van der Waals surface area contributed by atoms with Crippen LogP contribution in [0.15, 0.2) is 6.33 Å². The van der Waals surface area contributed by atoms with Gasteiger partial charge in [0.15, 0.2) is 0 Å². The van der Waals surface area contributed by atoms with Gasteiger partial charge in [0.05, 0.1) is 24.3 Å². The molecule has 4 N–H and O–H groups in total. The quantitative estimate of drug-likeness (QED) is 0.662. The van der Waals surface area contributed by atoms with Crippen LogP contribution in [0.3, 0.4) is 0 Å². The van der Waals surface area contributed by atoms with Gasteiger partial charge < -0.3 is 25.7 Å². The molecule has 0 unspecified atom stereocenters. The van der Waals surface area contributed by atoms with Crippen molar-refractivity contribution < 1.29 is 15.0 Å². The van der Waals surface area contributed by atoms with Crippen LogP contribution in [0.25, 0.3) is 0 Å². The maximum absolute atomic E-state index is 12.3. The molecular formula is C16H25N5O3. The van der Waals surface area contributed by atoms with E-state index in [0.29, 0.717) is 32.6 Å². The second-order valence-electron chi connectivity index (χ2n) is 6.58. The van der Waals surface area contributed by atoms with Crippen LogP contribution < -0.4 is 10.6 Å². The first-order valence-corrected chi connectivity index (χ1v) is 8.44. The zero-order chi connectivity index (χ0) is 17.3. The monoisotopic (exact) mass is 335 g/mol. The number of hydrogen-bond donors (Lipinski definition) is 3. The minimum Gasteiger partial charge on any atom is -0.395 e. The molecular weight excluding hydrogens is 310 g/mol. The molecule has 8 heteroatoms. The molecule has 24 heavy (non-hydrogen) atoms. The maximum Gasteiger partial charge on any atom is 0.229 e. The molecule has 132 valence electrons. The van der Waals surface area contributed by atoms with E-state index in [9.17, 15) is 15.0 Å². The summed E-state index contributed by atoms with van der Waals surface area (Å²) in [4.78, 5) is 24.9. The molecule has 8 nitrogen and oxygen atoms in total. The molecule has 1 fully saturated rings. The highest BCUT2D eigenvalue weighted by Gasteiger charge is 2.34. The summed E-state index contributed by atoms with van der Waals surface area (Å²) in [6, 6.07) is 0. The fraction of sp³-hybridized carbons (Fsp3) is 0.688. The largest absolute Gasteiger partial charge is 0.395 e. The van der Waals surface area contributed by atoms with Gasteiger partial charge in [-0.15, -0.1) is 0 Å². The Morgan fingerprint density at radius 3 is 2.71 bits per heavy atom. The van der Waals surface area contributed by atoms with Gasteiger partial charge in [-0.2, -0.15) is 0 Å². The van der Waals surface area contributed by atoms with Crippen molar-refractivity contribution in [2.75, 3.05) is 44.2 Å². The van der Waals surface area contributed by atoms with Crippen molar-refractivity contribution in [3.63, 3.8) is 0 Å². The molecule has 0 spiro atoms. The number of rotatable bonds is 4. The minimum absolute atomic E-state index is 0.0867. The van der Waals surface area contributed by atoms with Crippen LogP contribution in [0.2, 0.25) is 0 Å². The van der Waals surface area contributed by atoms with Gasteiger partial charge >= 0.3 is 0 Å². The number of aliphatic hydroxyl groups is 2. The number of amides is 1. The first kappa shape index (κ1) is 17.1. The topological polar surface area (TPSA) is 116 Å². The predicted molar refractivity (Wildman–Crippen MR) is 88.4 cm³/mol. The number of aromatic nitrogens is 2. The standard InChI is InChI=1S/C16H25N5O3/c1-10-6-12(23)14-13(10)15(19-9-18-14)20-2-4-21(5-3-20)16(24)11(7-17)8-22/h9-12,22-23H,2-8,17H2,1H3/t10-,11-,12-/m1/s1. The predicted octanol–water partition coefficient (Wildman–Crippen LogP) is -0.767. The zero-order valence-electron chi connectivity index (χ0n) is 13.9. The molecule has 1 aromatic rings. The summed E-state index contributed by atoms with van der Waals surface area (Å²) in [5.74, 6) is 0.488. The average Bonchev–Trinajstić information content (AvgIpc) is 2.90. The lowest BCUT2D eigenvalue weighted by Crippen LogP contribution is -2.52. The van der Waals surface area contributed by atoms with Gasteiger partial charge in [-0.3, -0.25) is 4.79 Å². The van der Waals surface area contributed by atoms with Crippen LogP contribution in [-0.2, 0) is 4.79 Å². The number of nitrogens with two attached hydrogens (primary N) is 1. The molecule has 1 aliphatic carbocycles. The molecule has 0 aromatic carbocycles. The summed E-state index contributed by atoms with van der Waals surface area (Å²) in [7, 11) is 0. The van der Waals surface area contributed by atoms with Gasteiger partial charge in [-0.25, -0.2) is 9.97 Å². The highest BCUT2D eigenvalue weighted by atomic mass is 16.3. The van der Waals surface area contributed by atoms with Gasteiger partial charge in [0.25, 0.3) is 0 Å². The Labute approximate surface area is 141 Å². The molecule has 1 aromatic heterocycles. The fourth-order valence-corrected chi connectivity index (χ4v) is 3.60. The van der Waals surface area contributed by atoms with Gasteiger partial charge in [0.1, 0.15) is 12.1 Å². The van der Waals surface area contributed by atoms with E-state index in [1.807, 2.05) is 0 Å². The highest BCUT2D eigenvalue weighted by Crippen LogP contribution is 2.42. The van der Waals surface area contributed by atoms with E-state index >= 15 is 0 Å². The summed E-state index contributed by atoms with van der Waals surface area (Å²) in [5, 5.41) is 19.3. The van der Waals surface area contributed by atoms with Crippen LogP contribution >= 0.6 is 0 Å². The number of carbonyl (C=O) groups is 1. The summed E-state index contributed by atoms with van der Waals surface area (Å²) in [5.41, 5.74) is 7.30. The Morgan fingerprint density at radius 2 is 2.08 bits per heavy atom. The molecule has 0 saturated carbocycles. The molecule has 2 heterocycles. The molecule has 3 rings (SSSR count). The van der Waals surface area contributed by atoms with E-state index in [-0.39, 0.29) is 25.0 Å². The van der Waals surface area contributed by atoms with Crippen LogP contribution in [0.1, 0.15) is 36.6 Å². The number of aliphatic hydroxyl groups excluding tert-OH is 2. The van der Waals surface area contributed by atoms with E-state index < -0.39 is 12.0 Å². The smallest absolute Gasteiger partial charge is 0.229 e. The number of anilines is 1. The second-order valence-corrected chi connectivity index (χ2v) is 6.58. The van der Waals surface area contributed by atoms with E-state index in [1.165, 1.54) is 6.33 Å². The fourth-order valence-electron chi connectivity index (χ4n) is 3.60. The van der Waals surface area contributed by atoms with Crippen LogP contribution in [0, 0.1) is 5.92 Å². The Kier molecular flexibility index (Phi) is 4.98. The second kappa shape index (κ2) is 7.00. The Hall–Kier alpha value is -1.77. The van der Waals surface area contributed by atoms with E-state index in [0.717, 1.165) is 17.1 Å². The molecule has 2 aliphatic rings. The first-order chi connectivity index (χ1) is 11.6. The van der Waals surface area contributed by atoms with Crippen molar-refractivity contribution in [3.8, 4) is 0 Å². The van der Waals surface area contributed by atoms with Gasteiger partial charge in [0, 0.05) is 38.3 Å². The lowest BCUT2D eigenvalue weighted by atomic mass is 10.0. The molecule has 3 atom stereocenters. The Morgan fingerprint density at radius 1 is 1.38 bits per heavy atom. The minimum atomic E-state index is -0.519. The summed E-state index contributed by atoms with van der Waals surface area (Å²) in [6.07, 6.45) is 1.66. The first-order valence-electron chi connectivity index (χ1n) is 8.44. The number of carbonyl (C=O) groups excluding carboxylic acids is 1. The highest BCUT2D eigenvalue weighted by molar-refractivity contribution is 5.79. The third-order valence-electron chi connectivity index (χ3n) is 5.02. The summed E-state index contributed by atoms with van der Waals surface area (Å²) in [6.45, 7) is 4.50. The van der Waals surface area contributed by atoms with Gasteiger partial charge in [-0.05, 0) is 12.3 Å². The molecule has 0 radical (unpaired) electrons. The number of nitrogens with zero attached hydrogens (tertiary/aromatic N) is 4. The number of piperazine rings is 1. The third kappa shape index (κ3) is 2.97. The molecule has 1 aliphatic heterocycles. The van der Waals surface area contributed by atoms with E-state index in [4.69, 9.17) is 5.73 Å². The van der Waals surface area contributed by atoms with Crippen molar-refractivity contribution >= 4 is 11.7 Å². The Bertz CT molecular complexity index is 599. The lowest BCUT2D eigenvalue weighted by molar-refractivity contribution is -0.136. The Balaban J connectivity index is 1.71. The molecule has 1 saturated heterocycles. The van der Waals surface area contributed by atoms with Crippen LogP contribution in [-0.4, -0.2) is 70.3 Å². The zero-order valence-corrected chi connectivity index (χ0v) is 13.9. The number of fused-ring (bicyclic) bond motifs is 1. The van der Waals surface area contributed by atoms with E-state index in [1.54, 1.807) is 4.90 Å². The van der Waals surface area contributed by atoms with Crippen LogP contribution in [0.4, 0.5) is 5.82 Å². The van der Waals surface area contributed by atoms with Crippen molar-refractivity contribution in [1.82, 2.24) is 14.9 Å². The average molecular weight is 335 g/mol. The normalized spacial score (nSPS) is 24.8. The number of hydrogen-bond acceptors (Lipinski definition) is 7. The lowest BCUT2D eigenvalue weighted by Gasteiger charge is -2.37. The SMILES string of the molecule is C[C@@H]1C[C@@H](O)c2ncnc(N3CCN(C(=O)[C@H](CN)CO)CC3)c21. The molecule has 1 amide bonds. The van der Waals surface area contributed by atoms with Crippen molar-refractivity contribution in [3.05, 3.63) is 17.6 Å². The summed E-state index contributed by atoms with van der Waals surface area (Å²) < 4.78 is 0. The van der Waals surface area contributed by atoms with Crippen molar-refractivity contribution in [2.24, 2.45) is 11.7 Å². The molecule has 0 bridgehead atoms. The van der Waals surface area contributed by atoms with Crippen molar-refractivity contribution in [2.45, 2.75) is 25.4 Å². The van der Waals surface area contributed by atoms with Gasteiger partial charge in [-0.1, -0.05) is 6.92 Å².